The highest BCUT2D eigenvalue weighted by Crippen LogP contribution is 2.11. The SMILES string of the molecule is CC(N)C(=O)NC(Cc1ccc(O)cc1)C(=O)NCC(=O)O. The molecule has 1 aromatic rings. The smallest absolute Gasteiger partial charge is 0.322 e. The molecule has 0 bridgehead atoms. The summed E-state index contributed by atoms with van der Waals surface area (Å²) in [7, 11) is 0. The van der Waals surface area contributed by atoms with Gasteiger partial charge in [0.1, 0.15) is 18.3 Å². The summed E-state index contributed by atoms with van der Waals surface area (Å²) in [6, 6.07) is 4.36. The Balaban J connectivity index is 2.80. The number of rotatable bonds is 7. The molecule has 2 atom stereocenters. The van der Waals surface area contributed by atoms with Gasteiger partial charge < -0.3 is 26.6 Å². The highest BCUT2D eigenvalue weighted by Gasteiger charge is 2.23. The second kappa shape index (κ2) is 7.99. The number of phenolic OH excluding ortho intramolecular Hbond substituents is 1. The fraction of sp³-hybridized carbons (Fsp3) is 0.357. The fourth-order valence-corrected chi connectivity index (χ4v) is 1.67. The molecular weight excluding hydrogens is 290 g/mol. The summed E-state index contributed by atoms with van der Waals surface area (Å²) in [6.45, 7) is 0.932. The molecule has 0 fully saturated rings. The number of nitrogens with two attached hydrogens (primary N) is 1. The average Bonchev–Trinajstić information content (AvgIpc) is 2.46. The van der Waals surface area contributed by atoms with Crippen molar-refractivity contribution in [1.82, 2.24) is 10.6 Å². The number of benzene rings is 1. The fourth-order valence-electron chi connectivity index (χ4n) is 1.67. The van der Waals surface area contributed by atoms with Crippen LogP contribution in [0.4, 0.5) is 0 Å². The topological polar surface area (TPSA) is 142 Å². The standard InChI is InChI=1S/C14H19N3O5/c1-8(15)13(21)17-11(14(22)16-7-12(19)20)6-9-2-4-10(18)5-3-9/h2-5,8,11,18H,6-7,15H2,1H3,(H,16,22)(H,17,21)(H,19,20). The maximum Gasteiger partial charge on any atom is 0.322 e. The largest absolute Gasteiger partial charge is 0.508 e. The van der Waals surface area contributed by atoms with Gasteiger partial charge in [0.2, 0.25) is 11.8 Å². The van der Waals surface area contributed by atoms with E-state index in [9.17, 15) is 19.5 Å². The third-order valence-corrected chi connectivity index (χ3v) is 2.84. The Morgan fingerprint density at radius 3 is 2.27 bits per heavy atom. The van der Waals surface area contributed by atoms with Gasteiger partial charge in [-0.15, -0.1) is 0 Å². The van der Waals surface area contributed by atoms with Crippen LogP contribution < -0.4 is 16.4 Å². The first-order chi connectivity index (χ1) is 10.3. The Morgan fingerprint density at radius 1 is 1.18 bits per heavy atom. The van der Waals surface area contributed by atoms with Crippen LogP contribution in [0.25, 0.3) is 0 Å². The molecule has 0 aliphatic rings. The van der Waals surface area contributed by atoms with Gasteiger partial charge in [0, 0.05) is 6.42 Å². The predicted molar refractivity (Wildman–Crippen MR) is 78.0 cm³/mol. The molecule has 0 saturated carbocycles. The molecule has 2 unspecified atom stereocenters. The average molecular weight is 309 g/mol. The van der Waals surface area contributed by atoms with E-state index in [-0.39, 0.29) is 12.2 Å². The molecule has 0 aliphatic carbocycles. The van der Waals surface area contributed by atoms with Gasteiger partial charge in [-0.1, -0.05) is 12.1 Å². The van der Waals surface area contributed by atoms with Crippen molar-refractivity contribution < 1.29 is 24.6 Å². The molecule has 0 aromatic heterocycles. The van der Waals surface area contributed by atoms with Crippen LogP contribution in [-0.4, -0.2) is 46.6 Å². The first kappa shape index (κ1) is 17.4. The molecule has 22 heavy (non-hydrogen) atoms. The number of nitrogens with one attached hydrogen (secondary N) is 2. The number of amides is 2. The van der Waals surface area contributed by atoms with Gasteiger partial charge in [-0.05, 0) is 24.6 Å². The van der Waals surface area contributed by atoms with E-state index >= 15 is 0 Å². The Hall–Kier alpha value is -2.61. The van der Waals surface area contributed by atoms with Gasteiger partial charge in [-0.2, -0.15) is 0 Å². The van der Waals surface area contributed by atoms with Gasteiger partial charge >= 0.3 is 5.97 Å². The first-order valence-corrected chi connectivity index (χ1v) is 6.63. The number of carbonyl (C=O) groups excluding carboxylic acids is 2. The van der Waals surface area contributed by atoms with Gasteiger partial charge in [0.25, 0.3) is 0 Å². The lowest BCUT2D eigenvalue weighted by atomic mass is 10.0. The van der Waals surface area contributed by atoms with Crippen molar-refractivity contribution >= 4 is 17.8 Å². The number of aromatic hydroxyl groups is 1. The molecule has 8 nitrogen and oxygen atoms in total. The first-order valence-electron chi connectivity index (χ1n) is 6.63. The summed E-state index contributed by atoms with van der Waals surface area (Å²) in [5, 5.41) is 22.5. The molecule has 6 N–H and O–H groups in total. The Kier molecular flexibility index (Phi) is 6.33. The minimum Gasteiger partial charge on any atom is -0.508 e. The molecule has 8 heteroatoms. The summed E-state index contributed by atoms with van der Waals surface area (Å²) in [6.07, 6.45) is 0.143. The van der Waals surface area contributed by atoms with Gasteiger partial charge in [0.05, 0.1) is 6.04 Å². The number of aliphatic carboxylic acids is 1. The van der Waals surface area contributed by atoms with Crippen LogP contribution in [0.2, 0.25) is 0 Å². The van der Waals surface area contributed by atoms with E-state index in [2.05, 4.69) is 10.6 Å². The Bertz CT molecular complexity index is 542. The van der Waals surface area contributed by atoms with Crippen molar-refractivity contribution in [3.05, 3.63) is 29.8 Å². The van der Waals surface area contributed by atoms with E-state index in [0.717, 1.165) is 0 Å². The van der Waals surface area contributed by atoms with Crippen molar-refractivity contribution in [2.75, 3.05) is 6.54 Å². The second-order valence-corrected chi connectivity index (χ2v) is 4.83. The van der Waals surface area contributed by atoms with E-state index in [0.29, 0.717) is 5.56 Å². The number of hydrogen-bond donors (Lipinski definition) is 5. The summed E-state index contributed by atoms with van der Waals surface area (Å²) in [4.78, 5) is 34.2. The number of hydrogen-bond acceptors (Lipinski definition) is 5. The van der Waals surface area contributed by atoms with Crippen LogP contribution in [0.3, 0.4) is 0 Å². The highest BCUT2D eigenvalue weighted by molar-refractivity contribution is 5.91. The predicted octanol–water partition coefficient (Wildman–Crippen LogP) is -1.03. The quantitative estimate of drug-likeness (QED) is 0.436. The van der Waals surface area contributed by atoms with E-state index in [4.69, 9.17) is 10.8 Å². The molecule has 2 amide bonds. The lowest BCUT2D eigenvalue weighted by molar-refractivity contribution is -0.138. The Labute approximate surface area is 127 Å². The monoisotopic (exact) mass is 309 g/mol. The van der Waals surface area contributed by atoms with E-state index in [1.165, 1.54) is 19.1 Å². The minimum absolute atomic E-state index is 0.0789. The number of carboxylic acid groups (broad SMARTS) is 1. The third-order valence-electron chi connectivity index (χ3n) is 2.84. The molecule has 0 saturated heterocycles. The summed E-state index contributed by atoms with van der Waals surface area (Å²) < 4.78 is 0. The van der Waals surface area contributed by atoms with Gasteiger partial charge in [-0.25, -0.2) is 0 Å². The van der Waals surface area contributed by atoms with Crippen LogP contribution in [-0.2, 0) is 20.8 Å². The summed E-state index contributed by atoms with van der Waals surface area (Å²) in [5.74, 6) is -2.25. The maximum absolute atomic E-state index is 12.0. The van der Waals surface area contributed by atoms with Crippen LogP contribution in [0.15, 0.2) is 24.3 Å². The third kappa shape index (κ3) is 5.80. The van der Waals surface area contributed by atoms with Crippen molar-refractivity contribution in [2.24, 2.45) is 5.73 Å². The van der Waals surface area contributed by atoms with E-state index in [1.54, 1.807) is 12.1 Å². The van der Waals surface area contributed by atoms with Gasteiger partial charge in [-0.3, -0.25) is 14.4 Å². The molecule has 0 heterocycles. The van der Waals surface area contributed by atoms with Crippen molar-refractivity contribution in [1.29, 1.82) is 0 Å². The van der Waals surface area contributed by atoms with Crippen LogP contribution in [0, 0.1) is 0 Å². The highest BCUT2D eigenvalue weighted by atomic mass is 16.4. The summed E-state index contributed by atoms with van der Waals surface area (Å²) in [5.41, 5.74) is 6.14. The zero-order valence-corrected chi connectivity index (χ0v) is 12.1. The molecule has 120 valence electrons. The molecule has 1 aromatic carbocycles. The summed E-state index contributed by atoms with van der Waals surface area (Å²) >= 11 is 0. The Morgan fingerprint density at radius 2 is 1.77 bits per heavy atom. The number of carbonyl (C=O) groups is 3. The minimum atomic E-state index is -1.18. The van der Waals surface area contributed by atoms with Gasteiger partial charge in [0.15, 0.2) is 0 Å². The van der Waals surface area contributed by atoms with Crippen molar-refractivity contribution in [3.8, 4) is 5.75 Å². The van der Waals surface area contributed by atoms with E-state index < -0.39 is 36.4 Å². The van der Waals surface area contributed by atoms with Crippen LogP contribution >= 0.6 is 0 Å². The number of phenols is 1. The lowest BCUT2D eigenvalue weighted by Crippen LogP contribution is -2.52. The molecule has 1 rings (SSSR count). The van der Waals surface area contributed by atoms with Crippen molar-refractivity contribution in [3.63, 3.8) is 0 Å². The molecule has 0 radical (unpaired) electrons. The molecular formula is C14H19N3O5. The second-order valence-electron chi connectivity index (χ2n) is 4.83. The normalized spacial score (nSPS) is 13.0. The molecule has 0 aliphatic heterocycles. The van der Waals surface area contributed by atoms with Crippen LogP contribution in [0.1, 0.15) is 12.5 Å². The zero-order valence-electron chi connectivity index (χ0n) is 12.1. The zero-order chi connectivity index (χ0) is 16.7. The lowest BCUT2D eigenvalue weighted by Gasteiger charge is -2.19. The molecule has 0 spiro atoms. The maximum atomic E-state index is 12.0. The number of carboxylic acids is 1. The van der Waals surface area contributed by atoms with Crippen molar-refractivity contribution in [2.45, 2.75) is 25.4 Å². The van der Waals surface area contributed by atoms with E-state index in [1.807, 2.05) is 0 Å². The van der Waals surface area contributed by atoms with Crippen LogP contribution in [0.5, 0.6) is 5.75 Å².